The summed E-state index contributed by atoms with van der Waals surface area (Å²) in [7, 11) is 0. The van der Waals surface area contributed by atoms with E-state index in [1.54, 1.807) is 30.5 Å². The number of alkyl halides is 3. The van der Waals surface area contributed by atoms with E-state index in [1.165, 1.54) is 6.20 Å². The number of nitrogens with one attached hydrogen (secondary N) is 1. The van der Waals surface area contributed by atoms with Gasteiger partial charge in [0.05, 0.1) is 22.6 Å². The molecule has 0 amide bonds. The van der Waals surface area contributed by atoms with Crippen molar-refractivity contribution >= 4 is 33.4 Å². The third-order valence-electron chi connectivity index (χ3n) is 4.40. The number of rotatable bonds is 2. The summed E-state index contributed by atoms with van der Waals surface area (Å²) < 4.78 is 40.0. The second-order valence-corrected chi connectivity index (χ2v) is 6.61. The molecule has 9 heteroatoms. The molecule has 0 bridgehead atoms. The van der Waals surface area contributed by atoms with Crippen molar-refractivity contribution in [1.82, 2.24) is 19.7 Å². The first-order chi connectivity index (χ1) is 12.7. The van der Waals surface area contributed by atoms with Crippen molar-refractivity contribution in [1.29, 1.82) is 0 Å². The summed E-state index contributed by atoms with van der Waals surface area (Å²) >= 11 is 5.88. The van der Waals surface area contributed by atoms with Gasteiger partial charge < -0.3 is 0 Å². The average Bonchev–Trinajstić information content (AvgIpc) is 3.07. The number of aromatic nitrogens is 4. The summed E-state index contributed by atoms with van der Waals surface area (Å²) in [6, 6.07) is 6.66. The average molecular weight is 393 g/mol. The number of halogens is 4. The Balaban J connectivity index is 2.05. The highest BCUT2D eigenvalue weighted by atomic mass is 35.5. The number of benzene rings is 1. The predicted octanol–water partition coefficient (Wildman–Crippen LogP) is 4.46. The van der Waals surface area contributed by atoms with E-state index < -0.39 is 18.3 Å². The van der Waals surface area contributed by atoms with Gasteiger partial charge in [0.2, 0.25) is 0 Å². The van der Waals surface area contributed by atoms with Gasteiger partial charge in [0.15, 0.2) is 0 Å². The quantitative estimate of drug-likeness (QED) is 0.512. The van der Waals surface area contributed by atoms with Crippen molar-refractivity contribution in [2.45, 2.75) is 19.6 Å². The van der Waals surface area contributed by atoms with Crippen LogP contribution in [0, 0.1) is 6.92 Å². The van der Waals surface area contributed by atoms with Crippen molar-refractivity contribution in [2.24, 2.45) is 0 Å². The van der Waals surface area contributed by atoms with Gasteiger partial charge in [0, 0.05) is 17.1 Å². The Labute approximate surface area is 155 Å². The Hall–Kier alpha value is -2.87. The van der Waals surface area contributed by atoms with Gasteiger partial charge >= 0.3 is 6.18 Å². The molecule has 4 aromatic rings. The lowest BCUT2D eigenvalue weighted by Crippen LogP contribution is -2.28. The number of hydrogen-bond acceptors (Lipinski definition) is 3. The maximum atomic E-state index is 13.1. The van der Waals surface area contributed by atoms with E-state index in [9.17, 15) is 18.0 Å². The fraction of sp³-hybridized carbons (Fsp3) is 0.167. The van der Waals surface area contributed by atoms with Crippen molar-refractivity contribution in [3.63, 3.8) is 0 Å². The number of aromatic amines is 1. The SMILES string of the molecule is Cc1cc(Cl)ncc1-c1ccc2c3[nH]ncc3c(=O)n(CC(F)(F)F)c2c1. The van der Waals surface area contributed by atoms with Gasteiger partial charge in [0.25, 0.3) is 5.56 Å². The molecule has 5 nitrogen and oxygen atoms in total. The highest BCUT2D eigenvalue weighted by molar-refractivity contribution is 6.29. The van der Waals surface area contributed by atoms with Gasteiger partial charge in [-0.2, -0.15) is 18.3 Å². The number of H-pyrrole nitrogens is 1. The van der Waals surface area contributed by atoms with Gasteiger partial charge in [-0.25, -0.2) is 4.98 Å². The number of hydrogen-bond donors (Lipinski definition) is 1. The van der Waals surface area contributed by atoms with Crippen LogP contribution in [0.15, 0.2) is 41.5 Å². The van der Waals surface area contributed by atoms with Crippen LogP contribution in [0.3, 0.4) is 0 Å². The van der Waals surface area contributed by atoms with Gasteiger partial charge in [-0.1, -0.05) is 23.7 Å². The minimum absolute atomic E-state index is 0.115. The van der Waals surface area contributed by atoms with Crippen molar-refractivity contribution in [2.75, 3.05) is 0 Å². The molecule has 0 aliphatic heterocycles. The minimum Gasteiger partial charge on any atom is -0.298 e. The van der Waals surface area contributed by atoms with Crippen LogP contribution >= 0.6 is 11.6 Å². The third kappa shape index (κ3) is 3.06. The lowest BCUT2D eigenvalue weighted by atomic mass is 10.0. The first-order valence-electron chi connectivity index (χ1n) is 7.93. The number of aryl methyl sites for hydroxylation is 1. The number of pyridine rings is 2. The standard InChI is InChI=1S/C18H12ClF3N4O/c1-9-4-15(19)23-6-12(9)10-2-3-11-14(5-10)26(8-18(20,21)22)17(27)13-7-24-25-16(11)13/h2-7H,8H2,1H3,(H,24,25). The van der Waals surface area contributed by atoms with Crippen LogP contribution in [0.5, 0.6) is 0 Å². The molecule has 4 rings (SSSR count). The zero-order chi connectivity index (χ0) is 19.3. The lowest BCUT2D eigenvalue weighted by Gasteiger charge is -2.15. The Kier molecular flexibility index (Phi) is 3.96. The van der Waals surface area contributed by atoms with E-state index in [4.69, 9.17) is 11.6 Å². The molecule has 138 valence electrons. The highest BCUT2D eigenvalue weighted by Crippen LogP contribution is 2.30. The smallest absolute Gasteiger partial charge is 0.298 e. The molecule has 0 unspecified atom stereocenters. The van der Waals surface area contributed by atoms with Crippen LogP contribution in [-0.4, -0.2) is 25.9 Å². The largest absolute Gasteiger partial charge is 0.406 e. The number of fused-ring (bicyclic) bond motifs is 3. The monoisotopic (exact) mass is 392 g/mol. The van der Waals surface area contributed by atoms with E-state index in [1.807, 2.05) is 6.92 Å². The maximum Gasteiger partial charge on any atom is 0.406 e. The molecule has 0 atom stereocenters. The molecule has 0 aliphatic rings. The molecule has 0 spiro atoms. The van der Waals surface area contributed by atoms with E-state index in [-0.39, 0.29) is 10.9 Å². The molecule has 0 saturated heterocycles. The second-order valence-electron chi connectivity index (χ2n) is 6.22. The molecular formula is C18H12ClF3N4O. The minimum atomic E-state index is -4.54. The molecule has 1 aromatic carbocycles. The molecule has 3 aromatic heterocycles. The summed E-state index contributed by atoms with van der Waals surface area (Å²) in [5.74, 6) is 0. The third-order valence-corrected chi connectivity index (χ3v) is 4.61. The first-order valence-corrected chi connectivity index (χ1v) is 8.31. The molecule has 0 fully saturated rings. The second kappa shape index (κ2) is 6.09. The van der Waals surface area contributed by atoms with Crippen LogP contribution < -0.4 is 5.56 Å². The predicted molar refractivity (Wildman–Crippen MR) is 96.9 cm³/mol. The molecule has 3 heterocycles. The molecule has 1 N–H and O–H groups in total. The van der Waals surface area contributed by atoms with Crippen molar-refractivity contribution < 1.29 is 13.2 Å². The topological polar surface area (TPSA) is 63.6 Å². The Morgan fingerprint density at radius 3 is 2.67 bits per heavy atom. The van der Waals surface area contributed by atoms with Gasteiger partial charge in [-0.15, -0.1) is 0 Å². The fourth-order valence-electron chi connectivity index (χ4n) is 3.20. The maximum absolute atomic E-state index is 13.1. The molecule has 0 aliphatic carbocycles. The van der Waals surface area contributed by atoms with Gasteiger partial charge in [-0.3, -0.25) is 14.5 Å². The van der Waals surface area contributed by atoms with Gasteiger partial charge in [0.1, 0.15) is 11.7 Å². The summed E-state index contributed by atoms with van der Waals surface area (Å²) in [6.45, 7) is 0.443. The van der Waals surface area contributed by atoms with E-state index in [0.717, 1.165) is 15.7 Å². The molecular weight excluding hydrogens is 381 g/mol. The summed E-state index contributed by atoms with van der Waals surface area (Å²) in [5.41, 5.74) is 2.01. The highest BCUT2D eigenvalue weighted by Gasteiger charge is 2.30. The number of nitrogens with zero attached hydrogens (tertiary/aromatic N) is 3. The van der Waals surface area contributed by atoms with Crippen molar-refractivity contribution in [3.05, 3.63) is 57.7 Å². The molecule has 0 saturated carbocycles. The zero-order valence-electron chi connectivity index (χ0n) is 13.9. The summed E-state index contributed by atoms with van der Waals surface area (Å²) in [4.78, 5) is 16.7. The van der Waals surface area contributed by atoms with Gasteiger partial charge in [-0.05, 0) is 30.2 Å². The molecule has 27 heavy (non-hydrogen) atoms. The summed E-state index contributed by atoms with van der Waals surface area (Å²) in [5, 5.41) is 7.43. The fourth-order valence-corrected chi connectivity index (χ4v) is 3.41. The first kappa shape index (κ1) is 17.5. The van der Waals surface area contributed by atoms with Crippen LogP contribution in [0.2, 0.25) is 5.15 Å². The lowest BCUT2D eigenvalue weighted by molar-refractivity contribution is -0.140. The van der Waals surface area contributed by atoms with Crippen molar-refractivity contribution in [3.8, 4) is 11.1 Å². The summed E-state index contributed by atoms with van der Waals surface area (Å²) in [6.07, 6.45) is -1.74. The van der Waals surface area contributed by atoms with E-state index in [2.05, 4.69) is 15.2 Å². The van der Waals surface area contributed by atoms with Crippen LogP contribution in [0.4, 0.5) is 13.2 Å². The van der Waals surface area contributed by atoms with E-state index in [0.29, 0.717) is 21.6 Å². The van der Waals surface area contributed by atoms with E-state index >= 15 is 0 Å². The van der Waals surface area contributed by atoms with Crippen LogP contribution in [0.25, 0.3) is 32.9 Å². The normalized spacial score (nSPS) is 12.2. The Morgan fingerprint density at radius 1 is 1.19 bits per heavy atom. The Morgan fingerprint density at radius 2 is 1.96 bits per heavy atom. The zero-order valence-corrected chi connectivity index (χ0v) is 14.7. The molecule has 0 radical (unpaired) electrons. The van der Waals surface area contributed by atoms with Crippen LogP contribution in [-0.2, 0) is 6.54 Å². The van der Waals surface area contributed by atoms with Crippen LogP contribution in [0.1, 0.15) is 5.56 Å². The Bertz CT molecular complexity index is 1240.